The first kappa shape index (κ1) is 17.3. The van der Waals surface area contributed by atoms with Crippen molar-refractivity contribution in [1.29, 1.82) is 0 Å². The maximum Gasteiger partial charge on any atom is 0.344 e. The third-order valence-corrected chi connectivity index (χ3v) is 4.05. The topological polar surface area (TPSA) is 124 Å². The maximum absolute atomic E-state index is 12.4. The van der Waals surface area contributed by atoms with E-state index < -0.39 is 27.9 Å². The predicted octanol–water partition coefficient (Wildman–Crippen LogP) is 1.85. The smallest absolute Gasteiger partial charge is 0.344 e. The third kappa shape index (κ3) is 2.63. The molecule has 2 aromatic rings. The third-order valence-electron chi connectivity index (χ3n) is 4.05. The molecule has 2 heterocycles. The van der Waals surface area contributed by atoms with Crippen molar-refractivity contribution in [2.45, 2.75) is 12.8 Å². The number of rotatable bonds is 4. The van der Waals surface area contributed by atoms with Crippen molar-refractivity contribution in [3.63, 3.8) is 0 Å². The van der Waals surface area contributed by atoms with Crippen molar-refractivity contribution in [2.75, 3.05) is 14.2 Å². The summed E-state index contributed by atoms with van der Waals surface area (Å²) in [6, 6.07) is 6.04. The number of nitrogens with one attached hydrogen (secondary N) is 1. The van der Waals surface area contributed by atoms with E-state index in [2.05, 4.69) is 5.32 Å². The Balaban J connectivity index is 2.39. The molecule has 1 aliphatic heterocycles. The van der Waals surface area contributed by atoms with Crippen LogP contribution in [0.3, 0.4) is 0 Å². The number of aryl methyl sites for hydroxylation is 1. The van der Waals surface area contributed by atoms with Crippen LogP contribution in [0.2, 0.25) is 0 Å². The molecule has 0 saturated heterocycles. The largest absolute Gasteiger partial charge is 0.507 e. The highest BCUT2D eigenvalue weighted by Crippen LogP contribution is 2.47. The number of allylic oxidation sites excluding steroid dienone is 1. The Hall–Kier alpha value is -3.49. The molecule has 1 aromatic heterocycles. The molecule has 0 bridgehead atoms. The number of hydrogen-bond acceptors (Lipinski definition) is 8. The van der Waals surface area contributed by atoms with Gasteiger partial charge in [0.05, 0.1) is 17.6 Å². The molecule has 0 radical (unpaired) electrons. The van der Waals surface area contributed by atoms with E-state index in [0.29, 0.717) is 11.3 Å². The van der Waals surface area contributed by atoms with Gasteiger partial charge < -0.3 is 24.3 Å². The quantitative estimate of drug-likeness (QED) is 0.625. The molecule has 0 amide bonds. The first-order valence-electron chi connectivity index (χ1n) is 7.63. The van der Waals surface area contributed by atoms with Crippen molar-refractivity contribution in [3.8, 4) is 17.2 Å². The number of hydrogen-bond donors (Lipinski definition) is 2. The number of ether oxygens (including phenoxy) is 2. The molecule has 0 saturated carbocycles. The molecule has 1 aliphatic rings. The highest BCUT2D eigenvalue weighted by atomic mass is 16.6. The summed E-state index contributed by atoms with van der Waals surface area (Å²) in [5, 5.41) is 24.7. The lowest BCUT2D eigenvalue weighted by atomic mass is 9.86. The molecule has 1 unspecified atom stereocenters. The van der Waals surface area contributed by atoms with E-state index in [1.165, 1.54) is 27.1 Å². The van der Waals surface area contributed by atoms with Crippen molar-refractivity contribution >= 4 is 0 Å². The van der Waals surface area contributed by atoms with Gasteiger partial charge in [-0.25, -0.2) is 4.79 Å². The van der Waals surface area contributed by atoms with E-state index in [1.807, 2.05) is 0 Å². The van der Waals surface area contributed by atoms with Crippen LogP contribution in [0, 0.1) is 17.0 Å². The van der Waals surface area contributed by atoms with E-state index in [4.69, 9.17) is 13.9 Å². The summed E-state index contributed by atoms with van der Waals surface area (Å²) < 4.78 is 15.9. The first-order chi connectivity index (χ1) is 12.4. The molecule has 9 nitrogen and oxygen atoms in total. The molecule has 0 aliphatic carbocycles. The second-order valence-corrected chi connectivity index (χ2v) is 5.58. The van der Waals surface area contributed by atoms with Crippen molar-refractivity contribution < 1.29 is 23.9 Å². The molecule has 9 heteroatoms. The second-order valence-electron chi connectivity index (χ2n) is 5.58. The van der Waals surface area contributed by atoms with E-state index in [9.17, 15) is 20.0 Å². The summed E-state index contributed by atoms with van der Waals surface area (Å²) in [4.78, 5) is 23.5. The zero-order chi connectivity index (χ0) is 19.0. The van der Waals surface area contributed by atoms with Crippen LogP contribution in [-0.2, 0) is 0 Å². The van der Waals surface area contributed by atoms with Crippen LogP contribution < -0.4 is 20.4 Å². The molecule has 1 atom stereocenters. The van der Waals surface area contributed by atoms with Gasteiger partial charge in [0.25, 0.3) is 5.88 Å². The number of para-hydroxylation sites is 1. The van der Waals surface area contributed by atoms with Crippen LogP contribution in [-0.4, -0.2) is 24.2 Å². The van der Waals surface area contributed by atoms with E-state index in [-0.39, 0.29) is 23.0 Å². The van der Waals surface area contributed by atoms with Crippen LogP contribution in [0.1, 0.15) is 22.8 Å². The van der Waals surface area contributed by atoms with Gasteiger partial charge in [-0.2, -0.15) is 0 Å². The van der Waals surface area contributed by atoms with Gasteiger partial charge in [-0.3, -0.25) is 10.1 Å². The van der Waals surface area contributed by atoms with Crippen molar-refractivity contribution in [1.82, 2.24) is 5.32 Å². The molecule has 26 heavy (non-hydrogen) atoms. The normalized spacial score (nSPS) is 15.9. The lowest BCUT2D eigenvalue weighted by molar-refractivity contribution is -0.433. The summed E-state index contributed by atoms with van der Waals surface area (Å²) in [5.41, 5.74) is -1.22. The lowest BCUT2D eigenvalue weighted by Gasteiger charge is -2.26. The molecule has 1 aromatic carbocycles. The number of benzene rings is 1. The Bertz CT molecular complexity index is 978. The lowest BCUT2D eigenvalue weighted by Crippen LogP contribution is -2.30. The van der Waals surface area contributed by atoms with E-state index >= 15 is 0 Å². The fourth-order valence-corrected chi connectivity index (χ4v) is 2.99. The van der Waals surface area contributed by atoms with Gasteiger partial charge in [0, 0.05) is 18.7 Å². The van der Waals surface area contributed by atoms with E-state index in [0.717, 1.165) is 0 Å². The minimum absolute atomic E-state index is 0.156. The Morgan fingerprint density at radius 3 is 2.69 bits per heavy atom. The van der Waals surface area contributed by atoms with Gasteiger partial charge in [0.2, 0.25) is 0 Å². The highest BCUT2D eigenvalue weighted by molar-refractivity contribution is 5.58. The molecule has 2 N–H and O–H groups in total. The Morgan fingerprint density at radius 1 is 1.38 bits per heavy atom. The summed E-state index contributed by atoms with van der Waals surface area (Å²) in [5.74, 6) is -1.02. The number of nitro groups is 1. The van der Waals surface area contributed by atoms with Gasteiger partial charge in [0.1, 0.15) is 17.4 Å². The van der Waals surface area contributed by atoms with Gasteiger partial charge in [-0.05, 0) is 13.0 Å². The molecule has 136 valence electrons. The summed E-state index contributed by atoms with van der Waals surface area (Å²) >= 11 is 0. The number of nitrogens with zero attached hydrogens (tertiary/aromatic N) is 1. The Labute approximate surface area is 147 Å². The number of fused-ring (bicyclic) bond motifs is 1. The zero-order valence-corrected chi connectivity index (χ0v) is 14.2. The summed E-state index contributed by atoms with van der Waals surface area (Å²) in [6.45, 7) is 1.50. The number of methoxy groups -OCH3 is 1. The zero-order valence-electron chi connectivity index (χ0n) is 14.2. The van der Waals surface area contributed by atoms with Crippen molar-refractivity contribution in [2.24, 2.45) is 0 Å². The van der Waals surface area contributed by atoms with Gasteiger partial charge >= 0.3 is 11.3 Å². The van der Waals surface area contributed by atoms with Crippen LogP contribution >= 0.6 is 0 Å². The standard InChI is InChI=1S/C17H16N2O7/c1-8-7-10(20)13(17(21)25-8)12-9-5-4-6-11(24-3)15(9)26-16(18-2)14(12)19(22)23/h4-7,12,18,20H,1-3H3. The van der Waals surface area contributed by atoms with Gasteiger partial charge in [-0.15, -0.1) is 0 Å². The molecular formula is C17H16N2O7. The van der Waals surface area contributed by atoms with Crippen molar-refractivity contribution in [3.05, 3.63) is 73.3 Å². The van der Waals surface area contributed by atoms with Gasteiger partial charge in [0.15, 0.2) is 11.5 Å². The molecule has 0 fully saturated rings. The fraction of sp³-hybridized carbons (Fsp3) is 0.235. The monoisotopic (exact) mass is 360 g/mol. The minimum Gasteiger partial charge on any atom is -0.507 e. The summed E-state index contributed by atoms with van der Waals surface area (Å²) in [7, 11) is 2.88. The predicted molar refractivity (Wildman–Crippen MR) is 89.9 cm³/mol. The first-order valence-corrected chi connectivity index (χ1v) is 7.63. The van der Waals surface area contributed by atoms with E-state index in [1.54, 1.807) is 18.2 Å². The van der Waals surface area contributed by atoms with Crippen LogP contribution in [0.15, 0.2) is 45.1 Å². The average Bonchev–Trinajstić information content (AvgIpc) is 2.59. The highest BCUT2D eigenvalue weighted by Gasteiger charge is 2.43. The fourth-order valence-electron chi connectivity index (χ4n) is 2.99. The molecule has 3 rings (SSSR count). The SMILES string of the molecule is CNC1=C([N+](=O)[O-])C(c2c(O)cc(C)oc2=O)c2cccc(OC)c2O1. The van der Waals surface area contributed by atoms with Crippen LogP contribution in [0.25, 0.3) is 0 Å². The number of aromatic hydroxyl groups is 1. The summed E-state index contributed by atoms with van der Waals surface area (Å²) in [6.07, 6.45) is 0. The minimum atomic E-state index is -1.21. The Morgan fingerprint density at radius 2 is 2.12 bits per heavy atom. The van der Waals surface area contributed by atoms with Gasteiger partial charge in [-0.1, -0.05) is 12.1 Å². The maximum atomic E-state index is 12.4. The second kappa shape index (κ2) is 6.43. The molecule has 0 spiro atoms. The average molecular weight is 360 g/mol. The molecular weight excluding hydrogens is 344 g/mol. The van der Waals surface area contributed by atoms with Crippen LogP contribution in [0.5, 0.6) is 17.2 Å². The van der Waals surface area contributed by atoms with Crippen LogP contribution in [0.4, 0.5) is 0 Å². The Kier molecular flexibility index (Phi) is 4.29.